The highest BCUT2D eigenvalue weighted by Crippen LogP contribution is 2.22. The molecule has 1 unspecified atom stereocenters. The predicted molar refractivity (Wildman–Crippen MR) is 60.4 cm³/mol. The zero-order valence-electron chi connectivity index (χ0n) is 9.48. The van der Waals surface area contributed by atoms with E-state index in [1.54, 1.807) is 6.07 Å². The first-order chi connectivity index (χ1) is 8.15. The SMILES string of the molecule is CC1(Nc2nc3ccc(F)cn3n2)CCOC1. The van der Waals surface area contributed by atoms with Crippen LogP contribution in [0.15, 0.2) is 18.3 Å². The van der Waals surface area contributed by atoms with Gasteiger partial charge in [-0.25, -0.2) is 8.91 Å². The first kappa shape index (κ1) is 10.5. The van der Waals surface area contributed by atoms with E-state index in [9.17, 15) is 4.39 Å². The molecule has 5 nitrogen and oxygen atoms in total. The molecule has 1 fully saturated rings. The first-order valence-corrected chi connectivity index (χ1v) is 5.53. The van der Waals surface area contributed by atoms with Crippen LogP contribution in [-0.4, -0.2) is 33.4 Å². The average Bonchev–Trinajstić information content (AvgIpc) is 2.84. The van der Waals surface area contributed by atoms with Crippen molar-refractivity contribution in [3.8, 4) is 0 Å². The number of fused-ring (bicyclic) bond motifs is 1. The molecule has 0 saturated carbocycles. The van der Waals surface area contributed by atoms with E-state index in [1.807, 2.05) is 0 Å². The molecule has 0 spiro atoms. The van der Waals surface area contributed by atoms with Crippen LogP contribution in [0.1, 0.15) is 13.3 Å². The summed E-state index contributed by atoms with van der Waals surface area (Å²) in [7, 11) is 0. The van der Waals surface area contributed by atoms with Crippen molar-refractivity contribution in [1.82, 2.24) is 14.6 Å². The lowest BCUT2D eigenvalue weighted by Gasteiger charge is -2.21. The maximum Gasteiger partial charge on any atom is 0.243 e. The van der Waals surface area contributed by atoms with Gasteiger partial charge < -0.3 is 10.1 Å². The number of nitrogens with zero attached hydrogens (tertiary/aromatic N) is 3. The Morgan fingerprint density at radius 2 is 2.41 bits per heavy atom. The Morgan fingerprint density at radius 3 is 3.18 bits per heavy atom. The van der Waals surface area contributed by atoms with Gasteiger partial charge in [0.25, 0.3) is 0 Å². The molecule has 0 radical (unpaired) electrons. The third-order valence-electron chi connectivity index (χ3n) is 2.93. The number of aromatic nitrogens is 3. The summed E-state index contributed by atoms with van der Waals surface area (Å²) < 4.78 is 19.8. The summed E-state index contributed by atoms with van der Waals surface area (Å²) >= 11 is 0. The zero-order chi connectivity index (χ0) is 11.9. The van der Waals surface area contributed by atoms with E-state index in [1.165, 1.54) is 16.8 Å². The van der Waals surface area contributed by atoms with Gasteiger partial charge >= 0.3 is 0 Å². The third-order valence-corrected chi connectivity index (χ3v) is 2.93. The minimum atomic E-state index is -0.329. The second kappa shape index (κ2) is 3.66. The molecule has 2 aromatic rings. The maximum absolute atomic E-state index is 13.0. The number of ether oxygens (including phenoxy) is 1. The topological polar surface area (TPSA) is 51.5 Å². The quantitative estimate of drug-likeness (QED) is 0.857. The monoisotopic (exact) mass is 236 g/mol. The minimum Gasteiger partial charge on any atom is -0.379 e. The average molecular weight is 236 g/mol. The summed E-state index contributed by atoms with van der Waals surface area (Å²) in [6.45, 7) is 3.44. The van der Waals surface area contributed by atoms with E-state index in [-0.39, 0.29) is 11.4 Å². The lowest BCUT2D eigenvalue weighted by molar-refractivity contribution is 0.185. The summed E-state index contributed by atoms with van der Waals surface area (Å²) in [6, 6.07) is 2.97. The van der Waals surface area contributed by atoms with Gasteiger partial charge in [0.2, 0.25) is 5.95 Å². The van der Waals surface area contributed by atoms with Crippen molar-refractivity contribution in [2.24, 2.45) is 0 Å². The lowest BCUT2D eigenvalue weighted by atomic mass is 10.0. The van der Waals surface area contributed by atoms with Gasteiger partial charge in [0, 0.05) is 6.61 Å². The van der Waals surface area contributed by atoms with Crippen molar-refractivity contribution in [1.29, 1.82) is 0 Å². The number of hydrogen-bond donors (Lipinski definition) is 1. The van der Waals surface area contributed by atoms with Crippen molar-refractivity contribution in [3.63, 3.8) is 0 Å². The van der Waals surface area contributed by atoms with Gasteiger partial charge in [-0.05, 0) is 25.5 Å². The highest BCUT2D eigenvalue weighted by Gasteiger charge is 2.30. The molecule has 0 amide bonds. The molecular formula is C11H13FN4O. The fourth-order valence-corrected chi connectivity index (χ4v) is 1.95. The highest BCUT2D eigenvalue weighted by molar-refractivity contribution is 5.44. The number of pyridine rings is 1. The molecule has 1 aliphatic heterocycles. The second-order valence-corrected chi connectivity index (χ2v) is 4.57. The molecule has 0 aromatic carbocycles. The highest BCUT2D eigenvalue weighted by atomic mass is 19.1. The Morgan fingerprint density at radius 1 is 1.53 bits per heavy atom. The Kier molecular flexibility index (Phi) is 2.25. The Labute approximate surface area is 97.6 Å². The van der Waals surface area contributed by atoms with Crippen LogP contribution in [0.3, 0.4) is 0 Å². The van der Waals surface area contributed by atoms with Crippen LogP contribution < -0.4 is 5.32 Å². The van der Waals surface area contributed by atoms with Crippen LogP contribution in [0.2, 0.25) is 0 Å². The van der Waals surface area contributed by atoms with Crippen molar-refractivity contribution < 1.29 is 9.13 Å². The van der Waals surface area contributed by atoms with Crippen molar-refractivity contribution in [3.05, 3.63) is 24.1 Å². The standard InChI is InChI=1S/C11H13FN4O/c1-11(4-5-17-7-11)14-10-13-9-3-2-8(12)6-16(9)15-10/h2-3,6H,4-5,7H2,1H3,(H,14,15). The Bertz CT molecular complexity index is 547. The van der Waals surface area contributed by atoms with Crippen LogP contribution in [0, 0.1) is 5.82 Å². The molecule has 17 heavy (non-hydrogen) atoms. The second-order valence-electron chi connectivity index (χ2n) is 4.57. The summed E-state index contributed by atoms with van der Waals surface area (Å²) in [5, 5.41) is 7.42. The van der Waals surface area contributed by atoms with E-state index < -0.39 is 0 Å². The molecule has 3 rings (SSSR count). The van der Waals surface area contributed by atoms with E-state index in [4.69, 9.17) is 4.74 Å². The van der Waals surface area contributed by atoms with Crippen molar-refractivity contribution in [2.75, 3.05) is 18.5 Å². The van der Waals surface area contributed by atoms with E-state index >= 15 is 0 Å². The predicted octanol–water partition coefficient (Wildman–Crippen LogP) is 1.46. The normalized spacial score (nSPS) is 24.4. The van der Waals surface area contributed by atoms with Crippen LogP contribution in [0.5, 0.6) is 0 Å². The van der Waals surface area contributed by atoms with E-state index in [0.717, 1.165) is 13.0 Å². The largest absolute Gasteiger partial charge is 0.379 e. The van der Waals surface area contributed by atoms with Gasteiger partial charge in [0.1, 0.15) is 5.82 Å². The van der Waals surface area contributed by atoms with Gasteiger partial charge in [-0.3, -0.25) is 0 Å². The zero-order valence-corrected chi connectivity index (χ0v) is 9.48. The minimum absolute atomic E-state index is 0.135. The molecule has 1 N–H and O–H groups in total. The fourth-order valence-electron chi connectivity index (χ4n) is 1.95. The smallest absolute Gasteiger partial charge is 0.243 e. The number of halogens is 1. The van der Waals surface area contributed by atoms with Gasteiger partial charge in [0.15, 0.2) is 5.65 Å². The molecule has 1 aliphatic rings. The number of hydrogen-bond acceptors (Lipinski definition) is 4. The first-order valence-electron chi connectivity index (χ1n) is 5.53. The molecule has 0 aliphatic carbocycles. The molecule has 0 bridgehead atoms. The Balaban J connectivity index is 1.90. The lowest BCUT2D eigenvalue weighted by Crippen LogP contribution is -2.35. The summed E-state index contributed by atoms with van der Waals surface area (Å²) in [5.41, 5.74) is 0.486. The molecule has 3 heterocycles. The molecule has 2 aromatic heterocycles. The van der Waals surface area contributed by atoms with Crippen molar-refractivity contribution >= 4 is 11.6 Å². The number of anilines is 1. The maximum atomic E-state index is 13.0. The summed E-state index contributed by atoms with van der Waals surface area (Å²) in [6.07, 6.45) is 2.22. The van der Waals surface area contributed by atoms with Gasteiger partial charge in [-0.1, -0.05) is 0 Å². The summed E-state index contributed by atoms with van der Waals surface area (Å²) in [4.78, 5) is 4.28. The van der Waals surface area contributed by atoms with E-state index in [2.05, 4.69) is 22.3 Å². The molecule has 1 saturated heterocycles. The van der Waals surface area contributed by atoms with Gasteiger partial charge in [-0.2, -0.15) is 4.98 Å². The van der Waals surface area contributed by atoms with Gasteiger partial charge in [0.05, 0.1) is 18.3 Å². The van der Waals surface area contributed by atoms with Crippen LogP contribution in [0.25, 0.3) is 5.65 Å². The van der Waals surface area contributed by atoms with Gasteiger partial charge in [-0.15, -0.1) is 5.10 Å². The Hall–Kier alpha value is -1.69. The van der Waals surface area contributed by atoms with Crippen LogP contribution >= 0.6 is 0 Å². The third kappa shape index (κ3) is 1.95. The van der Waals surface area contributed by atoms with Crippen LogP contribution in [-0.2, 0) is 4.74 Å². The van der Waals surface area contributed by atoms with E-state index in [0.29, 0.717) is 18.2 Å². The molecule has 6 heteroatoms. The molecule has 90 valence electrons. The molecular weight excluding hydrogens is 223 g/mol. The number of nitrogens with one attached hydrogen (secondary N) is 1. The number of rotatable bonds is 2. The van der Waals surface area contributed by atoms with Crippen LogP contribution in [0.4, 0.5) is 10.3 Å². The van der Waals surface area contributed by atoms with Crippen molar-refractivity contribution in [2.45, 2.75) is 18.9 Å². The summed E-state index contributed by atoms with van der Waals surface area (Å²) in [5.74, 6) is 0.174. The fraction of sp³-hybridized carbons (Fsp3) is 0.455. The molecule has 1 atom stereocenters.